The molecule has 2 aliphatic rings. The number of rotatable bonds is 11. The number of carbonyl (C=O) groups is 4. The zero-order valence-corrected chi connectivity index (χ0v) is 21.3. The summed E-state index contributed by atoms with van der Waals surface area (Å²) >= 11 is 0. The Balaban J connectivity index is 1.93. The van der Waals surface area contributed by atoms with E-state index in [1.54, 1.807) is 53.4 Å². The second-order valence-corrected chi connectivity index (χ2v) is 9.97. The number of carboxylic acids is 1. The van der Waals surface area contributed by atoms with E-state index in [2.05, 4.69) is 0 Å². The predicted molar refractivity (Wildman–Crippen MR) is 140 cm³/mol. The number of primary amides is 1. The molecule has 0 saturated carbocycles. The van der Waals surface area contributed by atoms with Gasteiger partial charge in [-0.2, -0.15) is 0 Å². The van der Waals surface area contributed by atoms with E-state index in [0.29, 0.717) is 23.1 Å². The molecule has 200 valence electrons. The van der Waals surface area contributed by atoms with Crippen molar-refractivity contribution in [3.8, 4) is 0 Å². The van der Waals surface area contributed by atoms with Crippen molar-refractivity contribution in [2.45, 2.75) is 44.2 Å². The van der Waals surface area contributed by atoms with E-state index in [0.717, 1.165) is 6.42 Å². The Labute approximate surface area is 221 Å². The van der Waals surface area contributed by atoms with Crippen LogP contribution in [0.1, 0.15) is 48.9 Å². The van der Waals surface area contributed by atoms with Gasteiger partial charge in [0.2, 0.25) is 17.7 Å². The minimum absolute atomic E-state index is 0.0359. The summed E-state index contributed by atoms with van der Waals surface area (Å²) in [4.78, 5) is 55.8. The van der Waals surface area contributed by atoms with Crippen LogP contribution in [0.15, 0.2) is 54.6 Å². The van der Waals surface area contributed by atoms with Crippen LogP contribution in [-0.2, 0) is 25.6 Å². The molecule has 3 amide bonds. The number of fused-ring (bicyclic) bond motifs is 1. The maximum absolute atomic E-state index is 13.9. The molecule has 4 rings (SSSR count). The minimum atomic E-state index is -1.79. The van der Waals surface area contributed by atoms with Gasteiger partial charge >= 0.3 is 5.97 Å². The molecule has 10 nitrogen and oxygen atoms in total. The lowest BCUT2D eigenvalue weighted by Crippen LogP contribution is -2.59. The quantitative estimate of drug-likeness (QED) is 0.199. The first-order chi connectivity index (χ1) is 18.1. The van der Waals surface area contributed by atoms with Crippen LogP contribution in [0.4, 0.5) is 0 Å². The number of nitrogen functional groups attached to an aromatic ring is 1. The number of unbranched alkanes of at least 4 members (excludes halogenated alkanes) is 1. The van der Waals surface area contributed by atoms with Crippen LogP contribution in [0.25, 0.3) is 0 Å². The number of nitrogens with one attached hydrogen (secondary N) is 1. The molecule has 0 aliphatic carbocycles. The molecule has 6 N–H and O–H groups in total. The molecule has 38 heavy (non-hydrogen) atoms. The Morgan fingerprint density at radius 2 is 1.66 bits per heavy atom. The minimum Gasteiger partial charge on any atom is -0.480 e. The Bertz CT molecular complexity index is 1250. The van der Waals surface area contributed by atoms with E-state index >= 15 is 0 Å². The molecule has 10 heteroatoms. The number of likely N-dealkylation sites (tertiary alicyclic amines) is 2. The highest BCUT2D eigenvalue weighted by Gasteiger charge is 2.71. The maximum atomic E-state index is 13.9. The van der Waals surface area contributed by atoms with E-state index in [4.69, 9.17) is 16.9 Å². The van der Waals surface area contributed by atoms with Gasteiger partial charge in [0.25, 0.3) is 0 Å². The number of nitrogens with zero attached hydrogens (tertiary/aromatic N) is 2. The van der Waals surface area contributed by atoms with Gasteiger partial charge in [-0.1, -0.05) is 67.9 Å². The van der Waals surface area contributed by atoms with Crippen LogP contribution in [0.3, 0.4) is 0 Å². The topological polar surface area (TPSA) is 171 Å². The van der Waals surface area contributed by atoms with Gasteiger partial charge in [0.15, 0.2) is 0 Å². The number of carboxylic acid groups (broad SMARTS) is 1. The van der Waals surface area contributed by atoms with Crippen LogP contribution < -0.4 is 11.5 Å². The molecule has 2 aromatic rings. The fraction of sp³-hybridized carbons (Fsp3) is 0.393. The zero-order valence-electron chi connectivity index (χ0n) is 21.3. The van der Waals surface area contributed by atoms with Gasteiger partial charge in [-0.3, -0.25) is 34.4 Å². The molecule has 0 radical (unpaired) electrons. The Morgan fingerprint density at radius 1 is 1.00 bits per heavy atom. The summed E-state index contributed by atoms with van der Waals surface area (Å²) in [5, 5.41) is 18.6. The van der Waals surface area contributed by atoms with E-state index in [1.165, 1.54) is 4.90 Å². The second-order valence-electron chi connectivity index (χ2n) is 9.97. The third-order valence-electron chi connectivity index (χ3n) is 7.73. The van der Waals surface area contributed by atoms with E-state index < -0.39 is 47.1 Å². The molecule has 0 aromatic heterocycles. The second kappa shape index (κ2) is 10.7. The fourth-order valence-electron chi connectivity index (χ4n) is 6.00. The van der Waals surface area contributed by atoms with Gasteiger partial charge in [0, 0.05) is 37.5 Å². The zero-order chi connectivity index (χ0) is 27.6. The normalized spacial score (nSPS) is 25.0. The van der Waals surface area contributed by atoms with Crippen molar-refractivity contribution >= 4 is 29.5 Å². The van der Waals surface area contributed by atoms with E-state index in [-0.39, 0.29) is 31.8 Å². The van der Waals surface area contributed by atoms with Crippen molar-refractivity contribution in [3.05, 3.63) is 71.3 Å². The lowest BCUT2D eigenvalue weighted by Gasteiger charge is -2.41. The molecule has 0 bridgehead atoms. The van der Waals surface area contributed by atoms with Gasteiger partial charge in [0.05, 0.1) is 11.8 Å². The maximum Gasteiger partial charge on any atom is 0.325 e. The summed E-state index contributed by atoms with van der Waals surface area (Å²) in [6.45, 7) is 2.13. The highest BCUT2D eigenvalue weighted by molar-refractivity contribution is 6.09. The first kappa shape index (κ1) is 27.0. The fourth-order valence-corrected chi connectivity index (χ4v) is 6.00. The van der Waals surface area contributed by atoms with Crippen LogP contribution in [0, 0.1) is 17.2 Å². The molecule has 2 fully saturated rings. The SMILES string of the molecule is CCCCN1C(=O)C2C(c3ccc(C(=N)N)cc3)N(CCC(N)=O)C(Cc3ccccc3)(C(=O)O)C2C1=O. The third kappa shape index (κ3) is 4.56. The van der Waals surface area contributed by atoms with E-state index in [1.807, 2.05) is 13.0 Å². The van der Waals surface area contributed by atoms with Crippen LogP contribution >= 0.6 is 0 Å². The number of amidine groups is 1. The molecule has 2 aromatic carbocycles. The number of aliphatic carboxylic acids is 1. The van der Waals surface area contributed by atoms with Crippen molar-refractivity contribution in [2.24, 2.45) is 23.3 Å². The van der Waals surface area contributed by atoms with E-state index in [9.17, 15) is 24.3 Å². The first-order valence-electron chi connectivity index (χ1n) is 12.8. The summed E-state index contributed by atoms with van der Waals surface area (Å²) in [5.74, 6) is -5.01. The molecule has 2 heterocycles. The number of imide groups is 1. The number of carbonyl (C=O) groups excluding carboxylic acids is 3. The Morgan fingerprint density at radius 3 is 2.21 bits per heavy atom. The molecular weight excluding hydrogens is 486 g/mol. The Hall–Kier alpha value is -4.05. The smallest absolute Gasteiger partial charge is 0.325 e. The largest absolute Gasteiger partial charge is 0.480 e. The Kier molecular flexibility index (Phi) is 7.63. The molecular formula is C28H33N5O5. The predicted octanol–water partition coefficient (Wildman–Crippen LogP) is 1.67. The summed E-state index contributed by atoms with van der Waals surface area (Å²) in [5.41, 5.74) is 11.1. The van der Waals surface area contributed by atoms with Gasteiger partial charge in [-0.05, 0) is 17.5 Å². The van der Waals surface area contributed by atoms with Crippen molar-refractivity contribution in [3.63, 3.8) is 0 Å². The van der Waals surface area contributed by atoms with Crippen LogP contribution in [-0.4, -0.2) is 63.1 Å². The molecule has 2 saturated heterocycles. The first-order valence-corrected chi connectivity index (χ1v) is 12.8. The molecule has 4 atom stereocenters. The van der Waals surface area contributed by atoms with Crippen molar-refractivity contribution in [1.82, 2.24) is 9.80 Å². The highest BCUT2D eigenvalue weighted by atomic mass is 16.4. The van der Waals surface area contributed by atoms with Gasteiger partial charge in [-0.15, -0.1) is 0 Å². The van der Waals surface area contributed by atoms with Gasteiger partial charge in [0.1, 0.15) is 11.4 Å². The van der Waals surface area contributed by atoms with Crippen molar-refractivity contribution in [1.29, 1.82) is 5.41 Å². The summed E-state index contributed by atoms with van der Waals surface area (Å²) in [6, 6.07) is 14.8. The summed E-state index contributed by atoms with van der Waals surface area (Å²) in [6.07, 6.45) is 1.19. The number of hydrogen-bond acceptors (Lipinski definition) is 6. The lowest BCUT2D eigenvalue weighted by atomic mass is 9.75. The highest BCUT2D eigenvalue weighted by Crippen LogP contribution is 2.56. The van der Waals surface area contributed by atoms with Crippen molar-refractivity contribution in [2.75, 3.05) is 13.1 Å². The number of benzene rings is 2. The third-order valence-corrected chi connectivity index (χ3v) is 7.73. The average Bonchev–Trinajstić information content (AvgIpc) is 3.31. The van der Waals surface area contributed by atoms with Gasteiger partial charge in [-0.25, -0.2) is 0 Å². The van der Waals surface area contributed by atoms with Crippen molar-refractivity contribution < 1.29 is 24.3 Å². The van der Waals surface area contributed by atoms with Crippen LogP contribution in [0.2, 0.25) is 0 Å². The monoisotopic (exact) mass is 519 g/mol. The standard InChI is InChI=1S/C28H33N5O5/c1-2-3-14-32-25(35)21-22(26(32)36)28(27(37)38,16-17-7-5-4-6-8-17)33(15-13-20(29)34)23(21)18-9-11-19(12-10-18)24(30)31/h4-12,21-23H,2-3,13-16H2,1H3,(H2,29,34)(H3,30,31)(H,37,38). The number of amides is 3. The average molecular weight is 520 g/mol. The summed E-state index contributed by atoms with van der Waals surface area (Å²) in [7, 11) is 0. The summed E-state index contributed by atoms with van der Waals surface area (Å²) < 4.78 is 0. The van der Waals surface area contributed by atoms with Crippen LogP contribution in [0.5, 0.6) is 0 Å². The molecule has 4 unspecified atom stereocenters. The molecule has 2 aliphatic heterocycles. The number of hydrogen-bond donors (Lipinski definition) is 4. The molecule has 0 spiro atoms. The van der Waals surface area contributed by atoms with Gasteiger partial charge < -0.3 is 16.6 Å². The lowest BCUT2D eigenvalue weighted by molar-refractivity contribution is -0.159. The number of nitrogens with two attached hydrogens (primary N) is 2.